The lowest BCUT2D eigenvalue weighted by Crippen LogP contribution is -2.43. The minimum absolute atomic E-state index is 0.00329. The van der Waals surface area contributed by atoms with Gasteiger partial charge in [-0.2, -0.15) is 0 Å². The van der Waals surface area contributed by atoms with Crippen molar-refractivity contribution in [2.24, 2.45) is 5.73 Å². The third kappa shape index (κ3) is 4.03. The van der Waals surface area contributed by atoms with Crippen LogP contribution in [0.15, 0.2) is 6.33 Å². The molecule has 1 aliphatic heterocycles. The number of nitrogens with two attached hydrogens (primary N) is 1. The summed E-state index contributed by atoms with van der Waals surface area (Å²) in [5.41, 5.74) is 5.15. The van der Waals surface area contributed by atoms with Crippen LogP contribution < -0.4 is 5.73 Å². The minimum atomic E-state index is -0.649. The van der Waals surface area contributed by atoms with E-state index in [-0.39, 0.29) is 30.5 Å². The predicted octanol–water partition coefficient (Wildman–Crippen LogP) is 0.356. The maximum Gasteiger partial charge on any atom is 0.288 e. The highest BCUT2D eigenvalue weighted by molar-refractivity contribution is 5.88. The van der Waals surface area contributed by atoms with Crippen molar-refractivity contribution in [3.63, 3.8) is 0 Å². The van der Waals surface area contributed by atoms with E-state index in [9.17, 15) is 9.59 Å². The Hall–Kier alpha value is -1.96. The number of hydrogen-bond donors (Lipinski definition) is 1. The number of nitrogens with zero attached hydrogens (tertiary/aromatic N) is 4. The van der Waals surface area contributed by atoms with Crippen LogP contribution in [-0.2, 0) is 9.53 Å². The Balaban J connectivity index is 1.93. The average molecular weight is 309 g/mol. The highest BCUT2D eigenvalue weighted by atomic mass is 16.5. The summed E-state index contributed by atoms with van der Waals surface area (Å²) < 4.78 is 7.12. The largest absolute Gasteiger partial charge is 0.369 e. The maximum absolute atomic E-state index is 12.2. The second kappa shape index (κ2) is 7.35. The van der Waals surface area contributed by atoms with Crippen molar-refractivity contribution in [3.05, 3.63) is 12.2 Å². The van der Waals surface area contributed by atoms with Gasteiger partial charge in [0.05, 0.1) is 12.1 Å². The zero-order valence-corrected chi connectivity index (χ0v) is 13.1. The summed E-state index contributed by atoms with van der Waals surface area (Å²) in [6, 6.07) is 0.0156. The lowest BCUT2D eigenvalue weighted by atomic mass is 10.1. The molecule has 1 aromatic rings. The SMILES string of the molecule is CCC(C)OCC(=O)N1CCCC(n2cnc(C(N)=O)n2)C1. The van der Waals surface area contributed by atoms with Gasteiger partial charge >= 0.3 is 0 Å². The fourth-order valence-electron chi connectivity index (χ4n) is 2.38. The highest BCUT2D eigenvalue weighted by Gasteiger charge is 2.26. The molecule has 1 fully saturated rings. The van der Waals surface area contributed by atoms with E-state index in [2.05, 4.69) is 10.1 Å². The van der Waals surface area contributed by atoms with E-state index in [1.807, 2.05) is 13.8 Å². The second-order valence-corrected chi connectivity index (χ2v) is 5.58. The molecule has 2 atom stereocenters. The van der Waals surface area contributed by atoms with E-state index < -0.39 is 5.91 Å². The number of likely N-dealkylation sites (tertiary alicyclic amines) is 1. The van der Waals surface area contributed by atoms with Crippen LogP contribution in [0.5, 0.6) is 0 Å². The number of aromatic nitrogens is 3. The number of hydrogen-bond acceptors (Lipinski definition) is 5. The average Bonchev–Trinajstić information content (AvgIpc) is 3.02. The summed E-state index contributed by atoms with van der Waals surface area (Å²) in [5, 5.41) is 4.08. The third-order valence-corrected chi connectivity index (χ3v) is 3.92. The molecule has 1 aromatic heterocycles. The van der Waals surface area contributed by atoms with Crippen LogP contribution in [-0.4, -0.2) is 57.3 Å². The van der Waals surface area contributed by atoms with E-state index in [0.717, 1.165) is 25.8 Å². The molecule has 1 aliphatic rings. The summed E-state index contributed by atoms with van der Waals surface area (Å²) >= 11 is 0. The second-order valence-electron chi connectivity index (χ2n) is 5.58. The first-order chi connectivity index (χ1) is 10.5. The number of ether oxygens (including phenoxy) is 1. The van der Waals surface area contributed by atoms with Gasteiger partial charge in [0.1, 0.15) is 12.9 Å². The Bertz CT molecular complexity index is 530. The topological polar surface area (TPSA) is 103 Å². The Morgan fingerprint density at radius 2 is 2.32 bits per heavy atom. The van der Waals surface area contributed by atoms with Crippen LogP contribution in [0.25, 0.3) is 0 Å². The van der Waals surface area contributed by atoms with Gasteiger partial charge < -0.3 is 15.4 Å². The molecule has 8 nitrogen and oxygen atoms in total. The van der Waals surface area contributed by atoms with Gasteiger partial charge in [-0.3, -0.25) is 9.59 Å². The van der Waals surface area contributed by atoms with Crippen LogP contribution in [0, 0.1) is 0 Å². The van der Waals surface area contributed by atoms with Gasteiger partial charge in [-0.25, -0.2) is 9.67 Å². The lowest BCUT2D eigenvalue weighted by molar-refractivity contribution is -0.139. The van der Waals surface area contributed by atoms with Crippen molar-refractivity contribution >= 4 is 11.8 Å². The van der Waals surface area contributed by atoms with Gasteiger partial charge in [0.25, 0.3) is 5.91 Å². The fourth-order valence-corrected chi connectivity index (χ4v) is 2.38. The van der Waals surface area contributed by atoms with Crippen LogP contribution in [0.3, 0.4) is 0 Å². The molecule has 2 amide bonds. The molecule has 1 saturated heterocycles. The molecular weight excluding hydrogens is 286 g/mol. The van der Waals surface area contributed by atoms with Gasteiger partial charge in [-0.05, 0) is 26.2 Å². The number of primary amides is 1. The first kappa shape index (κ1) is 16.4. The number of carbonyl (C=O) groups is 2. The fraction of sp³-hybridized carbons (Fsp3) is 0.714. The zero-order chi connectivity index (χ0) is 16.1. The smallest absolute Gasteiger partial charge is 0.288 e. The molecule has 2 rings (SSSR count). The van der Waals surface area contributed by atoms with Crippen molar-refractivity contribution in [1.29, 1.82) is 0 Å². The van der Waals surface area contributed by atoms with Gasteiger partial charge in [0.15, 0.2) is 0 Å². The van der Waals surface area contributed by atoms with Crippen LogP contribution in [0.1, 0.15) is 49.8 Å². The van der Waals surface area contributed by atoms with E-state index in [1.165, 1.54) is 6.33 Å². The Labute approximate surface area is 129 Å². The Kier molecular flexibility index (Phi) is 5.48. The minimum Gasteiger partial charge on any atom is -0.369 e. The Morgan fingerprint density at radius 1 is 1.55 bits per heavy atom. The molecule has 0 bridgehead atoms. The number of rotatable bonds is 6. The molecule has 0 radical (unpaired) electrons. The summed E-state index contributed by atoms with van der Waals surface area (Å²) in [6.45, 7) is 5.34. The molecule has 0 saturated carbocycles. The van der Waals surface area contributed by atoms with Crippen LogP contribution >= 0.6 is 0 Å². The molecule has 122 valence electrons. The molecule has 0 aromatic carbocycles. The standard InChI is InChI=1S/C14H23N5O3/c1-3-10(2)22-8-12(20)18-6-4-5-11(7-18)19-9-16-14(17-19)13(15)21/h9-11H,3-8H2,1-2H3,(H2,15,21). The molecule has 8 heteroatoms. The van der Waals surface area contributed by atoms with Gasteiger partial charge in [0.2, 0.25) is 11.7 Å². The quantitative estimate of drug-likeness (QED) is 0.817. The summed E-state index contributed by atoms with van der Waals surface area (Å²) in [6.07, 6.45) is 4.22. The van der Waals surface area contributed by atoms with E-state index in [1.54, 1.807) is 9.58 Å². The Morgan fingerprint density at radius 3 is 2.95 bits per heavy atom. The first-order valence-electron chi connectivity index (χ1n) is 7.61. The van der Waals surface area contributed by atoms with E-state index >= 15 is 0 Å². The molecule has 22 heavy (non-hydrogen) atoms. The van der Waals surface area contributed by atoms with Crippen molar-refractivity contribution < 1.29 is 14.3 Å². The van der Waals surface area contributed by atoms with Crippen molar-refractivity contribution in [2.75, 3.05) is 19.7 Å². The first-order valence-corrected chi connectivity index (χ1v) is 7.61. The van der Waals surface area contributed by atoms with Crippen LogP contribution in [0.4, 0.5) is 0 Å². The number of piperidine rings is 1. The molecule has 2 unspecified atom stereocenters. The molecule has 0 aliphatic carbocycles. The number of carbonyl (C=O) groups excluding carboxylic acids is 2. The van der Waals surface area contributed by atoms with Gasteiger partial charge in [0, 0.05) is 13.1 Å². The summed E-state index contributed by atoms with van der Waals surface area (Å²) in [7, 11) is 0. The lowest BCUT2D eigenvalue weighted by Gasteiger charge is -2.32. The van der Waals surface area contributed by atoms with Crippen molar-refractivity contribution in [1.82, 2.24) is 19.7 Å². The summed E-state index contributed by atoms with van der Waals surface area (Å²) in [4.78, 5) is 28.9. The van der Waals surface area contributed by atoms with Crippen molar-refractivity contribution in [3.8, 4) is 0 Å². The normalized spacial score (nSPS) is 19.9. The number of amides is 2. The molecule has 0 spiro atoms. The highest BCUT2D eigenvalue weighted by Crippen LogP contribution is 2.20. The predicted molar refractivity (Wildman–Crippen MR) is 79.1 cm³/mol. The molecule has 2 N–H and O–H groups in total. The van der Waals surface area contributed by atoms with Gasteiger partial charge in [-0.1, -0.05) is 6.92 Å². The summed E-state index contributed by atoms with van der Waals surface area (Å²) in [5.74, 6) is -0.659. The monoisotopic (exact) mass is 309 g/mol. The van der Waals surface area contributed by atoms with Crippen molar-refractivity contribution in [2.45, 2.75) is 45.3 Å². The molecule has 2 heterocycles. The van der Waals surface area contributed by atoms with E-state index in [4.69, 9.17) is 10.5 Å². The van der Waals surface area contributed by atoms with Crippen LogP contribution in [0.2, 0.25) is 0 Å². The van der Waals surface area contributed by atoms with Gasteiger partial charge in [-0.15, -0.1) is 5.10 Å². The maximum atomic E-state index is 12.2. The van der Waals surface area contributed by atoms with E-state index in [0.29, 0.717) is 6.54 Å². The third-order valence-electron chi connectivity index (χ3n) is 3.92. The zero-order valence-electron chi connectivity index (χ0n) is 13.1. The molecular formula is C14H23N5O3.